The van der Waals surface area contributed by atoms with Crippen molar-refractivity contribution in [2.45, 2.75) is 62.2 Å². The first-order chi connectivity index (χ1) is 13.7. The summed E-state index contributed by atoms with van der Waals surface area (Å²) < 4.78 is 16.9. The summed E-state index contributed by atoms with van der Waals surface area (Å²) in [5.41, 5.74) is 2.25. The van der Waals surface area contributed by atoms with Gasteiger partial charge in [0.25, 0.3) is 0 Å². The lowest BCUT2D eigenvalue weighted by Crippen LogP contribution is -2.59. The lowest BCUT2D eigenvalue weighted by molar-refractivity contribution is -0.308. The van der Waals surface area contributed by atoms with E-state index in [1.807, 2.05) is 0 Å². The van der Waals surface area contributed by atoms with Crippen LogP contribution in [0.1, 0.15) is 19.3 Å². The molecule has 0 bridgehead atoms. The second-order valence-corrected chi connectivity index (χ2v) is 8.52. The van der Waals surface area contributed by atoms with Gasteiger partial charge in [0.1, 0.15) is 30.5 Å². The van der Waals surface area contributed by atoms with E-state index in [-0.39, 0.29) is 29.8 Å². The highest BCUT2D eigenvalue weighted by atomic mass is 16.7. The summed E-state index contributed by atoms with van der Waals surface area (Å²) in [5, 5.41) is 39.5. The molecule has 0 unspecified atom stereocenters. The van der Waals surface area contributed by atoms with Gasteiger partial charge in [-0.25, -0.2) is 4.79 Å². The molecule has 0 radical (unpaired) electrons. The molecule has 0 spiro atoms. The molecule has 4 rings (SSSR count). The Hall–Kier alpha value is -1.55. The smallest absolute Gasteiger partial charge is 0.334 e. The van der Waals surface area contributed by atoms with Crippen LogP contribution >= 0.6 is 0 Å². The first-order valence-corrected chi connectivity index (χ1v) is 9.95. The van der Waals surface area contributed by atoms with Gasteiger partial charge in [0.05, 0.1) is 12.7 Å². The summed E-state index contributed by atoms with van der Waals surface area (Å²) in [7, 11) is 0. The molecule has 0 aromatic rings. The highest BCUT2D eigenvalue weighted by Gasteiger charge is 2.51. The van der Waals surface area contributed by atoms with Crippen molar-refractivity contribution in [2.75, 3.05) is 6.61 Å². The van der Waals surface area contributed by atoms with Crippen LogP contribution in [0.4, 0.5) is 0 Å². The second kappa shape index (κ2) is 7.61. The number of hydrogen-bond donors (Lipinski definition) is 4. The average molecular weight is 408 g/mol. The van der Waals surface area contributed by atoms with Gasteiger partial charge in [-0.1, -0.05) is 25.3 Å². The number of hydrogen-bond acceptors (Lipinski definition) is 8. The Balaban J connectivity index is 1.49. The van der Waals surface area contributed by atoms with Crippen molar-refractivity contribution in [2.24, 2.45) is 17.8 Å². The zero-order chi connectivity index (χ0) is 21.0. The number of aliphatic hydroxyl groups is 4. The lowest BCUT2D eigenvalue weighted by atomic mass is 9.83. The molecule has 8 nitrogen and oxygen atoms in total. The van der Waals surface area contributed by atoms with E-state index in [4.69, 9.17) is 14.2 Å². The van der Waals surface area contributed by atoms with Gasteiger partial charge >= 0.3 is 5.97 Å². The van der Waals surface area contributed by atoms with Crippen molar-refractivity contribution >= 4 is 5.97 Å². The molecular weight excluding hydrogens is 380 g/mol. The number of carbonyl (C=O) groups is 1. The van der Waals surface area contributed by atoms with Gasteiger partial charge in [0, 0.05) is 17.9 Å². The van der Waals surface area contributed by atoms with Crippen LogP contribution in [0.2, 0.25) is 0 Å². The van der Waals surface area contributed by atoms with Crippen molar-refractivity contribution in [1.29, 1.82) is 0 Å². The summed E-state index contributed by atoms with van der Waals surface area (Å²) in [4.78, 5) is 11.9. The first-order valence-electron chi connectivity index (χ1n) is 9.95. The van der Waals surface area contributed by atoms with E-state index in [0.29, 0.717) is 24.8 Å². The van der Waals surface area contributed by atoms with E-state index < -0.39 is 43.4 Å². The maximum Gasteiger partial charge on any atom is 0.334 e. The number of esters is 1. The topological polar surface area (TPSA) is 126 Å². The molecule has 0 aromatic carbocycles. The fourth-order valence-electron chi connectivity index (χ4n) is 5.13. The van der Waals surface area contributed by atoms with Crippen molar-refractivity contribution in [1.82, 2.24) is 0 Å². The van der Waals surface area contributed by atoms with Gasteiger partial charge in [0.2, 0.25) is 0 Å². The summed E-state index contributed by atoms with van der Waals surface area (Å²) in [5.74, 6) is -0.325. The van der Waals surface area contributed by atoms with Gasteiger partial charge in [0.15, 0.2) is 6.29 Å². The molecule has 4 fully saturated rings. The number of aliphatic hydroxyl groups excluding tert-OH is 4. The average Bonchev–Trinajstić information content (AvgIpc) is 3.08. The predicted molar refractivity (Wildman–Crippen MR) is 100 cm³/mol. The number of carbonyl (C=O) groups excluding carboxylic acids is 1. The summed E-state index contributed by atoms with van der Waals surface area (Å²) >= 11 is 0. The number of rotatable bonds is 3. The molecule has 0 amide bonds. The molecule has 2 saturated carbocycles. The van der Waals surface area contributed by atoms with Crippen LogP contribution in [0.15, 0.2) is 36.5 Å². The van der Waals surface area contributed by atoms with Crippen LogP contribution in [0.3, 0.4) is 0 Å². The molecule has 4 aliphatic rings. The zero-order valence-corrected chi connectivity index (χ0v) is 16.1. The van der Waals surface area contributed by atoms with Crippen molar-refractivity contribution in [3.05, 3.63) is 36.5 Å². The minimum Gasteiger partial charge on any atom is -0.458 e. The van der Waals surface area contributed by atoms with E-state index in [0.717, 1.165) is 11.1 Å². The third kappa shape index (κ3) is 3.37. The Morgan fingerprint density at radius 3 is 2.41 bits per heavy atom. The van der Waals surface area contributed by atoms with E-state index in [1.54, 1.807) is 0 Å². The summed E-state index contributed by atoms with van der Waals surface area (Å²) in [6, 6.07) is 0. The molecule has 10 atom stereocenters. The Labute approximate surface area is 169 Å². The summed E-state index contributed by atoms with van der Waals surface area (Å²) in [6.45, 7) is 11.8. The Kier molecular flexibility index (Phi) is 5.43. The molecule has 29 heavy (non-hydrogen) atoms. The first kappa shape index (κ1) is 20.7. The van der Waals surface area contributed by atoms with Crippen molar-refractivity contribution in [3.8, 4) is 0 Å². The molecule has 2 aliphatic heterocycles. The standard InChI is InChI=1S/C21H28O8/c1-8-4-15-13(10(3)20(26)27-15)5-12-9(2)14(6-11(8)12)28-21-19(25)18(24)17(23)16(7-22)29-21/h11-19,21-25H,1-7H2/t11-,12-,13+,14-,15-,16+,17+,18-,19+,21+/m0/s1. The van der Waals surface area contributed by atoms with Gasteiger partial charge in [-0.2, -0.15) is 0 Å². The maximum absolute atomic E-state index is 11.9. The van der Waals surface area contributed by atoms with E-state index in [2.05, 4.69) is 19.7 Å². The van der Waals surface area contributed by atoms with Crippen LogP contribution in [0, 0.1) is 17.8 Å². The normalized spacial score (nSPS) is 47.6. The number of fused-ring (bicyclic) bond motifs is 2. The van der Waals surface area contributed by atoms with Crippen LogP contribution in [0.5, 0.6) is 0 Å². The molecule has 2 saturated heterocycles. The minimum atomic E-state index is -1.49. The Morgan fingerprint density at radius 1 is 1.00 bits per heavy atom. The second-order valence-electron chi connectivity index (χ2n) is 8.52. The third-order valence-corrected chi connectivity index (χ3v) is 6.90. The van der Waals surface area contributed by atoms with E-state index in [9.17, 15) is 25.2 Å². The minimum absolute atomic E-state index is 0.0265. The maximum atomic E-state index is 11.9. The van der Waals surface area contributed by atoms with E-state index in [1.165, 1.54) is 0 Å². The SMILES string of the molecule is C=C1C(=O)O[C@H]2CC(=C)[C@@H]3C[C@H](O[C@@H]4O[C@H](CO)[C@@H](O)[C@H](O)[C@H]4O)C(=C)[C@@H]3C[C@H]12. The van der Waals surface area contributed by atoms with Crippen molar-refractivity contribution < 1.29 is 39.4 Å². The Bertz CT molecular complexity index is 730. The highest BCUT2D eigenvalue weighted by Crippen LogP contribution is 2.52. The van der Waals surface area contributed by atoms with Gasteiger partial charge in [-0.05, 0) is 30.3 Å². The molecule has 2 heterocycles. The van der Waals surface area contributed by atoms with Gasteiger partial charge < -0.3 is 34.6 Å². The largest absolute Gasteiger partial charge is 0.458 e. The molecule has 2 aliphatic carbocycles. The highest BCUT2D eigenvalue weighted by molar-refractivity contribution is 5.90. The fourth-order valence-corrected chi connectivity index (χ4v) is 5.13. The molecule has 4 N–H and O–H groups in total. The molecule has 0 aromatic heterocycles. The predicted octanol–water partition coefficient (Wildman–Crippen LogP) is -0.188. The van der Waals surface area contributed by atoms with E-state index >= 15 is 0 Å². The third-order valence-electron chi connectivity index (χ3n) is 6.90. The summed E-state index contributed by atoms with van der Waals surface area (Å²) in [6.07, 6.45) is -5.50. The molecular formula is C21H28O8. The van der Waals surface area contributed by atoms with Crippen LogP contribution in [-0.4, -0.2) is 75.9 Å². The van der Waals surface area contributed by atoms with Crippen molar-refractivity contribution in [3.63, 3.8) is 0 Å². The van der Waals surface area contributed by atoms with Gasteiger partial charge in [-0.15, -0.1) is 0 Å². The fraction of sp³-hybridized carbons (Fsp3) is 0.667. The molecule has 8 heteroatoms. The lowest BCUT2D eigenvalue weighted by Gasteiger charge is -2.40. The van der Waals surface area contributed by atoms with Crippen LogP contribution in [0.25, 0.3) is 0 Å². The zero-order valence-electron chi connectivity index (χ0n) is 16.1. The number of ether oxygens (including phenoxy) is 3. The quantitative estimate of drug-likeness (QED) is 0.288. The van der Waals surface area contributed by atoms with Gasteiger partial charge in [-0.3, -0.25) is 0 Å². The van der Waals surface area contributed by atoms with Crippen LogP contribution < -0.4 is 0 Å². The molecule has 160 valence electrons. The Morgan fingerprint density at radius 2 is 1.72 bits per heavy atom. The monoisotopic (exact) mass is 408 g/mol. The van der Waals surface area contributed by atoms with Crippen LogP contribution in [-0.2, 0) is 19.0 Å².